The standard InChI is InChI=1S/C22H18O2/c1-13-3-5-15-7-9-19(23)21(17(15)11-13)22-18-12-14(2)4-6-16(18)8-10-20(22)24/h3-12,23-24H,1-2H3. The van der Waals surface area contributed by atoms with E-state index in [1.807, 2.05) is 38.1 Å². The van der Waals surface area contributed by atoms with Gasteiger partial charge in [0.25, 0.3) is 0 Å². The molecule has 0 unspecified atom stereocenters. The van der Waals surface area contributed by atoms with Crippen molar-refractivity contribution in [1.29, 1.82) is 0 Å². The van der Waals surface area contributed by atoms with Crippen molar-refractivity contribution in [3.8, 4) is 22.6 Å². The Morgan fingerprint density at radius 1 is 0.542 bits per heavy atom. The number of rotatable bonds is 1. The Labute approximate surface area is 140 Å². The first-order valence-electron chi connectivity index (χ1n) is 7.99. The van der Waals surface area contributed by atoms with E-state index < -0.39 is 0 Å². The minimum absolute atomic E-state index is 0.178. The fourth-order valence-corrected chi connectivity index (χ4v) is 3.37. The summed E-state index contributed by atoms with van der Waals surface area (Å²) in [5.41, 5.74) is 3.60. The molecule has 0 bridgehead atoms. The summed E-state index contributed by atoms with van der Waals surface area (Å²) in [4.78, 5) is 0. The van der Waals surface area contributed by atoms with Crippen LogP contribution in [0.1, 0.15) is 11.1 Å². The van der Waals surface area contributed by atoms with Gasteiger partial charge in [0.2, 0.25) is 0 Å². The van der Waals surface area contributed by atoms with E-state index in [9.17, 15) is 10.2 Å². The molecule has 0 aromatic heterocycles. The fraction of sp³-hybridized carbons (Fsp3) is 0.0909. The average molecular weight is 314 g/mol. The van der Waals surface area contributed by atoms with Crippen molar-refractivity contribution < 1.29 is 10.2 Å². The molecule has 0 spiro atoms. The van der Waals surface area contributed by atoms with Gasteiger partial charge in [-0.05, 0) is 47.5 Å². The lowest BCUT2D eigenvalue weighted by Crippen LogP contribution is -1.88. The number of hydrogen-bond acceptors (Lipinski definition) is 2. The van der Waals surface area contributed by atoms with Gasteiger partial charge in [0.05, 0.1) is 0 Å². The van der Waals surface area contributed by atoms with Gasteiger partial charge >= 0.3 is 0 Å². The summed E-state index contributed by atoms with van der Waals surface area (Å²) in [6.07, 6.45) is 0. The Hall–Kier alpha value is -3.00. The molecule has 0 saturated carbocycles. The van der Waals surface area contributed by atoms with Crippen LogP contribution in [0.4, 0.5) is 0 Å². The van der Waals surface area contributed by atoms with Crippen molar-refractivity contribution in [2.24, 2.45) is 0 Å². The second-order valence-corrected chi connectivity index (χ2v) is 6.37. The Kier molecular flexibility index (Phi) is 3.20. The van der Waals surface area contributed by atoms with Crippen molar-refractivity contribution in [3.63, 3.8) is 0 Å². The van der Waals surface area contributed by atoms with Crippen molar-refractivity contribution in [2.45, 2.75) is 13.8 Å². The Bertz CT molecular complexity index is 994. The molecule has 0 heterocycles. The summed E-state index contributed by atoms with van der Waals surface area (Å²) in [7, 11) is 0. The van der Waals surface area contributed by atoms with Crippen molar-refractivity contribution >= 4 is 21.5 Å². The molecule has 4 aromatic rings. The van der Waals surface area contributed by atoms with Crippen LogP contribution in [0.3, 0.4) is 0 Å². The van der Waals surface area contributed by atoms with E-state index in [0.29, 0.717) is 11.1 Å². The molecule has 0 saturated heterocycles. The molecule has 0 atom stereocenters. The van der Waals surface area contributed by atoms with Crippen LogP contribution in [0.25, 0.3) is 32.7 Å². The maximum Gasteiger partial charge on any atom is 0.124 e. The Balaban J connectivity index is 2.21. The Morgan fingerprint density at radius 2 is 0.917 bits per heavy atom. The number of aromatic hydroxyl groups is 2. The van der Waals surface area contributed by atoms with E-state index in [0.717, 1.165) is 32.7 Å². The maximum atomic E-state index is 10.6. The molecule has 0 radical (unpaired) electrons. The summed E-state index contributed by atoms with van der Waals surface area (Å²) in [5.74, 6) is 0.356. The molecular weight excluding hydrogens is 296 g/mol. The van der Waals surface area contributed by atoms with Crippen LogP contribution < -0.4 is 0 Å². The first-order chi connectivity index (χ1) is 11.5. The van der Waals surface area contributed by atoms with E-state index >= 15 is 0 Å². The molecule has 4 rings (SSSR count). The lowest BCUT2D eigenvalue weighted by Gasteiger charge is -2.15. The average Bonchev–Trinajstić information content (AvgIpc) is 2.56. The van der Waals surface area contributed by atoms with Crippen LogP contribution >= 0.6 is 0 Å². The van der Waals surface area contributed by atoms with Crippen LogP contribution in [0, 0.1) is 13.8 Å². The van der Waals surface area contributed by atoms with Crippen molar-refractivity contribution in [2.75, 3.05) is 0 Å². The molecule has 0 aliphatic carbocycles. The van der Waals surface area contributed by atoms with Crippen molar-refractivity contribution in [3.05, 3.63) is 71.8 Å². The highest BCUT2D eigenvalue weighted by Crippen LogP contribution is 2.44. The van der Waals surface area contributed by atoms with Gasteiger partial charge in [-0.15, -0.1) is 0 Å². The van der Waals surface area contributed by atoms with Crippen LogP contribution in [-0.4, -0.2) is 10.2 Å². The molecule has 0 fully saturated rings. The van der Waals surface area contributed by atoms with Crippen LogP contribution in [0.2, 0.25) is 0 Å². The van der Waals surface area contributed by atoms with E-state index in [4.69, 9.17) is 0 Å². The van der Waals surface area contributed by atoms with E-state index in [2.05, 4.69) is 24.3 Å². The highest BCUT2D eigenvalue weighted by molar-refractivity contribution is 6.09. The third kappa shape index (κ3) is 2.19. The minimum Gasteiger partial charge on any atom is -0.507 e. The summed E-state index contributed by atoms with van der Waals surface area (Å²) < 4.78 is 0. The third-order valence-corrected chi connectivity index (χ3v) is 4.56. The molecule has 2 nitrogen and oxygen atoms in total. The quantitative estimate of drug-likeness (QED) is 0.474. The molecule has 0 aliphatic heterocycles. The molecular formula is C22H18O2. The molecule has 24 heavy (non-hydrogen) atoms. The van der Waals surface area contributed by atoms with Gasteiger partial charge in [-0.3, -0.25) is 0 Å². The topological polar surface area (TPSA) is 40.5 Å². The summed E-state index contributed by atoms with van der Waals surface area (Å²) in [6.45, 7) is 4.06. The summed E-state index contributed by atoms with van der Waals surface area (Å²) in [6, 6.07) is 19.5. The van der Waals surface area contributed by atoms with Gasteiger partial charge in [0.1, 0.15) is 11.5 Å². The van der Waals surface area contributed by atoms with Gasteiger partial charge in [0, 0.05) is 11.1 Å². The zero-order chi connectivity index (χ0) is 16.8. The second-order valence-electron chi connectivity index (χ2n) is 6.37. The van der Waals surface area contributed by atoms with Gasteiger partial charge in [-0.2, -0.15) is 0 Å². The molecule has 2 N–H and O–H groups in total. The predicted octanol–water partition coefficient (Wildman–Crippen LogP) is 5.69. The minimum atomic E-state index is 0.178. The Morgan fingerprint density at radius 3 is 1.33 bits per heavy atom. The molecule has 0 amide bonds. The lowest BCUT2D eigenvalue weighted by molar-refractivity contribution is 0.470. The molecule has 2 heteroatoms. The van der Waals surface area contributed by atoms with Gasteiger partial charge in [0.15, 0.2) is 0 Å². The molecule has 0 aliphatic rings. The number of fused-ring (bicyclic) bond motifs is 2. The summed E-state index contributed by atoms with van der Waals surface area (Å²) in [5, 5.41) is 25.2. The predicted molar refractivity (Wildman–Crippen MR) is 99.7 cm³/mol. The van der Waals surface area contributed by atoms with Crippen LogP contribution in [0.15, 0.2) is 60.7 Å². The van der Waals surface area contributed by atoms with Gasteiger partial charge in [-0.25, -0.2) is 0 Å². The maximum absolute atomic E-state index is 10.6. The van der Waals surface area contributed by atoms with E-state index in [-0.39, 0.29) is 11.5 Å². The SMILES string of the molecule is Cc1ccc2ccc(O)c(-c3c(O)ccc4ccc(C)cc34)c2c1. The fourth-order valence-electron chi connectivity index (χ4n) is 3.37. The highest BCUT2D eigenvalue weighted by atomic mass is 16.3. The molecule has 4 aromatic carbocycles. The first-order valence-corrected chi connectivity index (χ1v) is 7.99. The number of phenolic OH excluding ortho intramolecular Hbond substituents is 2. The highest BCUT2D eigenvalue weighted by Gasteiger charge is 2.16. The summed E-state index contributed by atoms with van der Waals surface area (Å²) >= 11 is 0. The monoisotopic (exact) mass is 314 g/mol. The third-order valence-electron chi connectivity index (χ3n) is 4.56. The largest absolute Gasteiger partial charge is 0.507 e. The lowest BCUT2D eigenvalue weighted by atomic mass is 9.91. The van der Waals surface area contributed by atoms with Crippen LogP contribution in [0.5, 0.6) is 11.5 Å². The number of hydrogen-bond donors (Lipinski definition) is 2. The second kappa shape index (κ2) is 5.27. The van der Waals surface area contributed by atoms with E-state index in [1.54, 1.807) is 12.1 Å². The zero-order valence-electron chi connectivity index (χ0n) is 13.7. The van der Waals surface area contributed by atoms with Gasteiger partial charge < -0.3 is 10.2 Å². The first kappa shape index (κ1) is 14.6. The van der Waals surface area contributed by atoms with Crippen LogP contribution in [-0.2, 0) is 0 Å². The van der Waals surface area contributed by atoms with E-state index in [1.165, 1.54) is 0 Å². The van der Waals surface area contributed by atoms with Crippen molar-refractivity contribution in [1.82, 2.24) is 0 Å². The van der Waals surface area contributed by atoms with Gasteiger partial charge in [-0.1, -0.05) is 59.7 Å². The zero-order valence-corrected chi connectivity index (χ0v) is 13.7. The normalized spacial score (nSPS) is 11.2. The molecule has 118 valence electrons. The number of benzene rings is 4. The smallest absolute Gasteiger partial charge is 0.124 e. The number of aryl methyl sites for hydroxylation is 2. The number of phenols is 2.